The summed E-state index contributed by atoms with van der Waals surface area (Å²) in [5.41, 5.74) is 12.3. The molecule has 2 aromatic heterocycles. The van der Waals surface area contributed by atoms with Crippen LogP contribution in [0.1, 0.15) is 57.2 Å². The predicted octanol–water partition coefficient (Wildman–Crippen LogP) is 4.89. The molecule has 8 aromatic rings. The fraction of sp³-hybridized carbons (Fsp3) is 0.220. The molecule has 0 saturated carbocycles. The van der Waals surface area contributed by atoms with E-state index in [-0.39, 0.29) is 75.0 Å². The zero-order valence-corrected chi connectivity index (χ0v) is 46.8. The molecule has 0 fully saturated rings. The fourth-order valence-corrected chi connectivity index (χ4v) is 7.96. The summed E-state index contributed by atoms with van der Waals surface area (Å²) in [6, 6.07) is 47.1. The molecule has 8 rings (SSSR count). The van der Waals surface area contributed by atoms with Crippen LogP contribution in [-0.2, 0) is 40.6 Å². The Labute approximate surface area is 494 Å². The van der Waals surface area contributed by atoms with Gasteiger partial charge in [-0.2, -0.15) is 0 Å². The number of carbonyl (C=O) groups excluding carboxylic acids is 4. The van der Waals surface area contributed by atoms with E-state index in [9.17, 15) is 34.5 Å². The minimum Gasteiger partial charge on any atom is -0.547 e. The normalized spacial score (nSPS) is 11.6. The van der Waals surface area contributed by atoms with Crippen LogP contribution in [0.15, 0.2) is 167 Å². The molecule has 82 heavy (non-hydrogen) atoms. The number of hydrogen-bond acceptors (Lipinski definition) is 18. The van der Waals surface area contributed by atoms with E-state index in [1.54, 1.807) is 52.3 Å². The van der Waals surface area contributed by atoms with Crippen molar-refractivity contribution >= 4 is 47.0 Å². The van der Waals surface area contributed by atoms with Gasteiger partial charge in [-0.15, -0.1) is 0 Å². The van der Waals surface area contributed by atoms with E-state index in [4.69, 9.17) is 55.9 Å². The summed E-state index contributed by atoms with van der Waals surface area (Å²) in [5.74, 6) is -2.43. The Balaban J connectivity index is 0.000000261. The summed E-state index contributed by atoms with van der Waals surface area (Å²) >= 11 is 12.2. The second kappa shape index (κ2) is 31.2. The first kappa shape index (κ1) is 63.0. The molecule has 2 atom stereocenters. The maximum Gasteiger partial charge on any atom is 1.00 e. The third-order valence-corrected chi connectivity index (χ3v) is 12.2. The molecule has 422 valence electrons. The number of aliphatic carboxylic acids is 1. The molecule has 6 aromatic carbocycles. The Morgan fingerprint density at radius 2 is 0.951 bits per heavy atom. The Morgan fingerprint density at radius 1 is 0.561 bits per heavy atom. The Hall–Kier alpha value is -8.16. The van der Waals surface area contributed by atoms with E-state index in [1.807, 2.05) is 121 Å². The van der Waals surface area contributed by atoms with Crippen LogP contribution in [-0.4, -0.2) is 99.9 Å². The molecular weight excluding hydrogens is 1090 g/mol. The second-order valence-electron chi connectivity index (χ2n) is 18.2. The van der Waals surface area contributed by atoms with Crippen molar-refractivity contribution < 1.29 is 86.1 Å². The number of hydrazine groups is 2. The third kappa shape index (κ3) is 19.5. The van der Waals surface area contributed by atoms with Gasteiger partial charge in [0.1, 0.15) is 30.8 Å². The van der Waals surface area contributed by atoms with Crippen LogP contribution in [0.5, 0.6) is 23.3 Å². The zero-order chi connectivity index (χ0) is 57.8. The summed E-state index contributed by atoms with van der Waals surface area (Å²) < 4.78 is 36.9. The van der Waals surface area contributed by atoms with Crippen molar-refractivity contribution in [3.63, 3.8) is 0 Å². The molecule has 0 spiro atoms. The van der Waals surface area contributed by atoms with Gasteiger partial charge in [-0.1, -0.05) is 120 Å². The summed E-state index contributed by atoms with van der Waals surface area (Å²) in [7, 11) is 3.16. The number of esters is 1. The van der Waals surface area contributed by atoms with Crippen LogP contribution in [0, 0.1) is 0 Å². The molecule has 23 heteroatoms. The first-order chi connectivity index (χ1) is 39.0. The van der Waals surface area contributed by atoms with Gasteiger partial charge >= 0.3 is 36.6 Å². The number of nitrogens with one attached hydrogen (secondary N) is 2. The van der Waals surface area contributed by atoms with Gasteiger partial charge in [0.2, 0.25) is 11.5 Å². The molecule has 4 N–H and O–H groups in total. The predicted molar refractivity (Wildman–Crippen MR) is 295 cm³/mol. The largest absolute Gasteiger partial charge is 1.00 e. The quantitative estimate of drug-likeness (QED) is 0.0337. The first-order valence-electron chi connectivity index (χ1n) is 25.0. The minimum absolute atomic E-state index is 0. The zero-order valence-electron chi connectivity index (χ0n) is 45.3. The van der Waals surface area contributed by atoms with E-state index in [0.29, 0.717) is 15.8 Å². The number of benzene rings is 6. The topological polar surface area (TPSA) is 261 Å². The number of hydrogen-bond donors (Lipinski definition) is 4. The number of carboxylic acid groups (broad SMARTS) is 1. The van der Waals surface area contributed by atoms with Gasteiger partial charge < -0.3 is 52.8 Å². The molecule has 2 amide bonds. The maximum absolute atomic E-state index is 13.0. The van der Waals surface area contributed by atoms with Crippen LogP contribution < -0.4 is 53.8 Å². The van der Waals surface area contributed by atoms with Gasteiger partial charge in [0, 0.05) is 29.7 Å². The number of ether oxygens (including phenoxy) is 5. The van der Waals surface area contributed by atoms with Crippen molar-refractivity contribution in [1.29, 1.82) is 0 Å². The Kier molecular flexibility index (Phi) is 23.9. The van der Waals surface area contributed by atoms with Crippen molar-refractivity contribution in [3.05, 3.63) is 202 Å². The smallest absolute Gasteiger partial charge is 0.547 e. The summed E-state index contributed by atoms with van der Waals surface area (Å²) in [5, 5.41) is 42.9. The van der Waals surface area contributed by atoms with E-state index in [2.05, 4.69) is 21.2 Å². The molecule has 0 aliphatic heterocycles. The number of rotatable bonds is 25. The summed E-state index contributed by atoms with van der Waals surface area (Å²) in [6.07, 6.45) is -3.74. The molecule has 2 heterocycles. The molecule has 0 unspecified atom stereocenters. The van der Waals surface area contributed by atoms with Gasteiger partial charge in [0.25, 0.3) is 11.8 Å². The maximum atomic E-state index is 13.0. The number of nitrogens with zero attached hydrogens (tertiary/aromatic N) is 4. The molecule has 0 aliphatic rings. The molecule has 20 nitrogen and oxygen atoms in total. The number of halogens is 2. The number of aliphatic hydroxyl groups excluding tert-OH is 2. The molecule has 0 saturated heterocycles. The number of amides is 2. The van der Waals surface area contributed by atoms with Crippen LogP contribution in [0.3, 0.4) is 0 Å². The van der Waals surface area contributed by atoms with Gasteiger partial charge in [-0.3, -0.25) is 20.4 Å². The number of carbonyl (C=O) groups is 4. The van der Waals surface area contributed by atoms with Crippen LogP contribution >= 0.6 is 23.2 Å². The second-order valence-corrected chi connectivity index (χ2v) is 19.1. The Morgan fingerprint density at radius 3 is 1.32 bits per heavy atom. The number of methoxy groups -OCH3 is 2. The number of carboxylic acids is 1. The van der Waals surface area contributed by atoms with Gasteiger partial charge in [0.15, 0.2) is 6.10 Å². The van der Waals surface area contributed by atoms with E-state index >= 15 is 0 Å². The SMILES string of the molecule is COc1ccc(COc2cc(C(=O)NN(Cc3ccc(-c4cccc(Cl)c4)cc3)C[C@@H](O)C(=O)OC(C)C)on2)cc1.COc1ccc(COc2cc(C(=O)NN(Cc3ccc(-c4cccc(Cl)c4)cc3)C[C@@H](O)C(=O)[O-])on2)cc1.[Li+]. The fourth-order valence-electron chi connectivity index (χ4n) is 7.58. The summed E-state index contributed by atoms with van der Waals surface area (Å²) in [4.78, 5) is 49.3. The standard InChI is InChI=1S/C31H32ClN3O7.C28H26ClN3O7.Li/c1-20(2)41-31(38)27(36)18-35(17-21-7-11-23(12-8-21)24-5-4-6-25(32)15-24)33-30(37)28-16-29(34-42-28)40-19-22-9-13-26(39-3)14-10-22;1-37-23-11-7-19(8-12-23)17-38-26-14-25(39-31-26)27(34)30-32(16-24(33)28(35)36)15-18-5-9-20(10-6-18)21-3-2-4-22(29)13-21;/h4-16,20,27,36H,17-19H2,1-3H3,(H,33,37);2-14,24,33H,15-17H2,1H3,(H,30,34)(H,35,36);/q;;+1/p-1/t27-;24-;/m11./s1. The first-order valence-corrected chi connectivity index (χ1v) is 25.8. The van der Waals surface area contributed by atoms with E-state index in [0.717, 1.165) is 50.3 Å². The molecule has 0 aliphatic carbocycles. The van der Waals surface area contributed by atoms with E-state index < -0.39 is 48.6 Å². The molecule has 0 bridgehead atoms. The van der Waals surface area contributed by atoms with Crippen molar-refractivity contribution in [3.8, 4) is 45.5 Å². The molecule has 0 radical (unpaired) electrons. The molecular formula is C59H57Cl2LiN6O14. The van der Waals surface area contributed by atoms with Crippen molar-refractivity contribution in [2.75, 3.05) is 27.3 Å². The van der Waals surface area contributed by atoms with E-state index in [1.165, 1.54) is 22.2 Å². The minimum atomic E-state index is -1.84. The van der Waals surface area contributed by atoms with Gasteiger partial charge in [-0.05, 0) is 117 Å². The van der Waals surface area contributed by atoms with Crippen molar-refractivity contribution in [1.82, 2.24) is 31.2 Å². The van der Waals surface area contributed by atoms with Gasteiger partial charge in [0.05, 0.1) is 45.0 Å². The van der Waals surface area contributed by atoms with Crippen LogP contribution in [0.4, 0.5) is 0 Å². The number of aliphatic hydroxyl groups is 2. The van der Waals surface area contributed by atoms with Gasteiger partial charge in [-0.25, -0.2) is 14.8 Å². The average molecular weight is 1150 g/mol. The van der Waals surface area contributed by atoms with Crippen molar-refractivity contribution in [2.24, 2.45) is 0 Å². The number of aromatic nitrogens is 2. The monoisotopic (exact) mass is 1150 g/mol. The van der Waals surface area contributed by atoms with Crippen LogP contribution in [0.2, 0.25) is 10.0 Å². The van der Waals surface area contributed by atoms with Crippen LogP contribution in [0.25, 0.3) is 22.3 Å². The third-order valence-electron chi connectivity index (χ3n) is 11.7. The van der Waals surface area contributed by atoms with Crippen molar-refractivity contribution in [2.45, 2.75) is 58.5 Å². The average Bonchev–Trinajstić information content (AvgIpc) is 4.16. The Bertz CT molecular complexity index is 3330. The summed E-state index contributed by atoms with van der Waals surface area (Å²) in [6.45, 7) is 3.35.